The van der Waals surface area contributed by atoms with Crippen LogP contribution in [-0.2, 0) is 14.8 Å². The Bertz CT molecular complexity index is 777. The summed E-state index contributed by atoms with van der Waals surface area (Å²) < 4.78 is 32.4. The maximum atomic E-state index is 12.9. The Labute approximate surface area is 145 Å². The Morgan fingerprint density at radius 3 is 2.67 bits per heavy atom. The molecule has 2 aliphatic heterocycles. The number of imide groups is 1. The maximum absolute atomic E-state index is 12.9. The highest BCUT2D eigenvalue weighted by molar-refractivity contribution is 8.14. The van der Waals surface area contributed by atoms with Crippen molar-refractivity contribution in [1.82, 2.24) is 9.21 Å². The number of sulfonamides is 1. The van der Waals surface area contributed by atoms with Crippen molar-refractivity contribution in [2.24, 2.45) is 0 Å². The third-order valence-electron chi connectivity index (χ3n) is 4.21. The Morgan fingerprint density at radius 1 is 1.29 bits per heavy atom. The summed E-state index contributed by atoms with van der Waals surface area (Å²) >= 11 is 0.963. The summed E-state index contributed by atoms with van der Waals surface area (Å²) in [6, 6.07) is 4.58. The second-order valence-corrected chi connectivity index (χ2v) is 8.61. The van der Waals surface area contributed by atoms with Crippen molar-refractivity contribution in [2.75, 3.05) is 26.0 Å². The average molecular weight is 370 g/mol. The van der Waals surface area contributed by atoms with E-state index in [-0.39, 0.29) is 40.6 Å². The first-order valence-electron chi connectivity index (χ1n) is 7.48. The van der Waals surface area contributed by atoms with Crippen molar-refractivity contribution in [3.63, 3.8) is 0 Å². The molecule has 0 aliphatic carbocycles. The van der Waals surface area contributed by atoms with Gasteiger partial charge >= 0.3 is 0 Å². The fourth-order valence-electron chi connectivity index (χ4n) is 2.98. The van der Waals surface area contributed by atoms with Crippen LogP contribution in [0.5, 0.6) is 5.75 Å². The number of carbonyl (C=O) groups is 2. The van der Waals surface area contributed by atoms with Gasteiger partial charge in [0.2, 0.25) is 15.9 Å². The van der Waals surface area contributed by atoms with Crippen LogP contribution < -0.4 is 4.74 Å². The van der Waals surface area contributed by atoms with E-state index in [1.807, 2.05) is 6.92 Å². The predicted octanol–water partition coefficient (Wildman–Crippen LogP) is 1.46. The highest BCUT2D eigenvalue weighted by atomic mass is 32.2. The molecule has 7 nitrogen and oxygen atoms in total. The van der Waals surface area contributed by atoms with Crippen LogP contribution in [0.2, 0.25) is 0 Å². The lowest BCUT2D eigenvalue weighted by Gasteiger charge is -2.22. The minimum Gasteiger partial charge on any atom is -0.495 e. The molecule has 1 aromatic carbocycles. The Morgan fingerprint density at radius 2 is 2.04 bits per heavy atom. The van der Waals surface area contributed by atoms with E-state index in [1.165, 1.54) is 16.3 Å². The molecular formula is C15H18N2O5S2. The zero-order valence-electron chi connectivity index (χ0n) is 13.4. The first-order valence-corrected chi connectivity index (χ1v) is 9.91. The molecule has 3 rings (SSSR count). The van der Waals surface area contributed by atoms with Crippen LogP contribution in [0.15, 0.2) is 23.1 Å². The van der Waals surface area contributed by atoms with Gasteiger partial charge in [-0.1, -0.05) is 17.8 Å². The Hall–Kier alpha value is -1.58. The molecule has 9 heteroatoms. The van der Waals surface area contributed by atoms with Gasteiger partial charge in [-0.05, 0) is 31.0 Å². The van der Waals surface area contributed by atoms with Crippen LogP contribution in [0.25, 0.3) is 0 Å². The quantitative estimate of drug-likeness (QED) is 0.798. The summed E-state index contributed by atoms with van der Waals surface area (Å²) in [5.74, 6) is 0.170. The first kappa shape index (κ1) is 17.2. The second kappa shape index (κ2) is 6.38. The molecule has 0 saturated carbocycles. The molecule has 0 N–H and O–H groups in total. The van der Waals surface area contributed by atoms with Crippen molar-refractivity contribution >= 4 is 32.9 Å². The SMILES string of the molecule is COc1ccc(C)cc1S(=O)(=O)N1CCC(N2C(=O)CSC2=O)C1. The number of amides is 2. The molecule has 2 saturated heterocycles. The lowest BCUT2D eigenvalue weighted by Crippen LogP contribution is -2.41. The molecule has 0 aromatic heterocycles. The zero-order chi connectivity index (χ0) is 17.5. The summed E-state index contributed by atoms with van der Waals surface area (Å²) in [6.07, 6.45) is 0.450. The van der Waals surface area contributed by atoms with Crippen LogP contribution in [0.4, 0.5) is 4.79 Å². The average Bonchev–Trinajstić information content (AvgIpc) is 3.14. The monoisotopic (exact) mass is 370 g/mol. The standard InChI is InChI=1S/C15H18N2O5S2/c1-10-3-4-12(22-2)13(7-10)24(20,21)16-6-5-11(8-16)17-14(18)9-23-15(17)19/h3-4,7,11H,5-6,8-9H2,1-2H3. The normalized spacial score (nSPS) is 22.4. The molecule has 2 amide bonds. The van der Waals surface area contributed by atoms with Gasteiger partial charge < -0.3 is 4.74 Å². The van der Waals surface area contributed by atoms with Crippen LogP contribution >= 0.6 is 11.8 Å². The van der Waals surface area contributed by atoms with Gasteiger partial charge in [0.25, 0.3) is 5.24 Å². The number of benzene rings is 1. The van der Waals surface area contributed by atoms with Crippen LogP contribution in [0.1, 0.15) is 12.0 Å². The lowest BCUT2D eigenvalue weighted by atomic mass is 10.2. The minimum atomic E-state index is -3.75. The summed E-state index contributed by atoms with van der Waals surface area (Å²) in [7, 11) is -2.32. The fourth-order valence-corrected chi connectivity index (χ4v) is 5.49. The van der Waals surface area contributed by atoms with E-state index in [4.69, 9.17) is 4.74 Å². The number of rotatable bonds is 4. The number of hydrogen-bond acceptors (Lipinski definition) is 6. The Kier molecular flexibility index (Phi) is 4.58. The summed E-state index contributed by atoms with van der Waals surface area (Å²) in [5, 5.41) is -0.294. The molecule has 2 fully saturated rings. The highest BCUT2D eigenvalue weighted by Gasteiger charge is 2.42. The molecule has 24 heavy (non-hydrogen) atoms. The van der Waals surface area contributed by atoms with Crippen molar-refractivity contribution in [3.8, 4) is 5.75 Å². The number of hydrogen-bond donors (Lipinski definition) is 0. The second-order valence-electron chi connectivity index (χ2n) is 5.78. The number of thioether (sulfide) groups is 1. The molecule has 0 bridgehead atoms. The number of nitrogens with zero attached hydrogens (tertiary/aromatic N) is 2. The van der Waals surface area contributed by atoms with Crippen molar-refractivity contribution in [3.05, 3.63) is 23.8 Å². The van der Waals surface area contributed by atoms with Crippen LogP contribution in [-0.4, -0.2) is 60.8 Å². The molecular weight excluding hydrogens is 352 g/mol. The van der Waals surface area contributed by atoms with E-state index in [2.05, 4.69) is 0 Å². The summed E-state index contributed by atoms with van der Waals surface area (Å²) in [4.78, 5) is 25.0. The summed E-state index contributed by atoms with van der Waals surface area (Å²) in [6.45, 7) is 2.20. The Balaban J connectivity index is 1.86. The third kappa shape index (κ3) is 2.91. The van der Waals surface area contributed by atoms with Gasteiger partial charge in [0.05, 0.1) is 18.9 Å². The van der Waals surface area contributed by atoms with E-state index in [9.17, 15) is 18.0 Å². The van der Waals surface area contributed by atoms with E-state index in [1.54, 1.807) is 18.2 Å². The number of aryl methyl sites for hydroxylation is 1. The van der Waals surface area contributed by atoms with Gasteiger partial charge in [-0.3, -0.25) is 14.5 Å². The number of carbonyl (C=O) groups excluding carboxylic acids is 2. The van der Waals surface area contributed by atoms with E-state index in [0.29, 0.717) is 6.42 Å². The van der Waals surface area contributed by atoms with Gasteiger partial charge in [0.1, 0.15) is 10.6 Å². The van der Waals surface area contributed by atoms with Crippen LogP contribution in [0.3, 0.4) is 0 Å². The van der Waals surface area contributed by atoms with Gasteiger partial charge in [0.15, 0.2) is 0 Å². The largest absolute Gasteiger partial charge is 0.495 e. The van der Waals surface area contributed by atoms with Gasteiger partial charge in [0, 0.05) is 13.1 Å². The van der Waals surface area contributed by atoms with Gasteiger partial charge in [-0.2, -0.15) is 4.31 Å². The number of methoxy groups -OCH3 is 1. The molecule has 0 radical (unpaired) electrons. The molecule has 1 atom stereocenters. The van der Waals surface area contributed by atoms with Crippen LogP contribution in [0, 0.1) is 6.92 Å². The molecule has 130 valence electrons. The molecule has 1 unspecified atom stereocenters. The minimum absolute atomic E-state index is 0.110. The molecule has 2 heterocycles. The number of ether oxygens (including phenoxy) is 1. The molecule has 2 aliphatic rings. The third-order valence-corrected chi connectivity index (χ3v) is 6.93. The topological polar surface area (TPSA) is 84.0 Å². The van der Waals surface area contributed by atoms with E-state index < -0.39 is 16.1 Å². The summed E-state index contributed by atoms with van der Waals surface area (Å²) in [5.41, 5.74) is 0.812. The smallest absolute Gasteiger partial charge is 0.289 e. The highest BCUT2D eigenvalue weighted by Crippen LogP contribution is 2.32. The van der Waals surface area contributed by atoms with E-state index in [0.717, 1.165) is 17.3 Å². The van der Waals surface area contributed by atoms with Crippen molar-refractivity contribution < 1.29 is 22.7 Å². The molecule has 0 spiro atoms. The fraction of sp³-hybridized carbons (Fsp3) is 0.467. The van der Waals surface area contributed by atoms with Gasteiger partial charge in [-0.15, -0.1) is 0 Å². The van der Waals surface area contributed by atoms with Crippen molar-refractivity contribution in [1.29, 1.82) is 0 Å². The lowest BCUT2D eigenvalue weighted by molar-refractivity contribution is -0.126. The van der Waals surface area contributed by atoms with Crippen molar-refractivity contribution in [2.45, 2.75) is 24.3 Å². The maximum Gasteiger partial charge on any atom is 0.289 e. The molecule has 1 aromatic rings. The van der Waals surface area contributed by atoms with Gasteiger partial charge in [-0.25, -0.2) is 8.42 Å². The first-order chi connectivity index (χ1) is 11.3. The predicted molar refractivity (Wildman–Crippen MR) is 89.6 cm³/mol. The zero-order valence-corrected chi connectivity index (χ0v) is 15.0. The van der Waals surface area contributed by atoms with E-state index >= 15 is 0 Å².